The van der Waals surface area contributed by atoms with E-state index in [1.165, 1.54) is 90.0 Å². The van der Waals surface area contributed by atoms with Crippen LogP contribution in [0.3, 0.4) is 0 Å². The van der Waals surface area contributed by atoms with Crippen LogP contribution in [0.4, 0.5) is 0 Å². The monoisotopic (exact) mass is 292 g/mol. The molecule has 2 unspecified atom stereocenters. The van der Waals surface area contributed by atoms with Gasteiger partial charge in [-0.1, -0.05) is 44.9 Å². The molecule has 3 aliphatic rings. The smallest absolute Gasteiger partial charge is 0.00983 e. The second-order valence-electron chi connectivity index (χ2n) is 7.97. The van der Waals surface area contributed by atoms with Crippen LogP contribution in [-0.2, 0) is 0 Å². The number of hydrogen-bond donors (Lipinski definition) is 1. The maximum absolute atomic E-state index is 6.04. The van der Waals surface area contributed by atoms with Gasteiger partial charge in [0.15, 0.2) is 0 Å². The van der Waals surface area contributed by atoms with E-state index in [9.17, 15) is 0 Å². The SMILES string of the molecule is NCC1CCCC1CN(C1CCCCC1)C1CCCCC1. The quantitative estimate of drug-likeness (QED) is 0.817. The van der Waals surface area contributed by atoms with Gasteiger partial charge in [-0.3, -0.25) is 4.90 Å². The summed E-state index contributed by atoms with van der Waals surface area (Å²) in [5, 5.41) is 0. The summed E-state index contributed by atoms with van der Waals surface area (Å²) in [6.07, 6.45) is 19.0. The molecule has 2 N–H and O–H groups in total. The van der Waals surface area contributed by atoms with Gasteiger partial charge >= 0.3 is 0 Å². The minimum atomic E-state index is 0.819. The number of rotatable bonds is 5. The van der Waals surface area contributed by atoms with Crippen molar-refractivity contribution >= 4 is 0 Å². The van der Waals surface area contributed by atoms with Crippen molar-refractivity contribution in [3.63, 3.8) is 0 Å². The van der Waals surface area contributed by atoms with Crippen LogP contribution in [0, 0.1) is 11.8 Å². The normalized spacial score (nSPS) is 32.9. The molecular weight excluding hydrogens is 256 g/mol. The minimum Gasteiger partial charge on any atom is -0.330 e. The molecule has 0 radical (unpaired) electrons. The molecule has 2 heteroatoms. The molecular formula is C19H36N2. The first-order valence-corrected chi connectivity index (χ1v) is 9.84. The van der Waals surface area contributed by atoms with Gasteiger partial charge in [0.05, 0.1) is 0 Å². The summed E-state index contributed by atoms with van der Waals surface area (Å²) in [5.41, 5.74) is 6.04. The highest BCUT2D eigenvalue weighted by Crippen LogP contribution is 2.36. The minimum absolute atomic E-state index is 0.819. The average Bonchev–Trinajstić information content (AvgIpc) is 3.01. The van der Waals surface area contributed by atoms with Crippen LogP contribution in [0.5, 0.6) is 0 Å². The van der Waals surface area contributed by atoms with E-state index < -0.39 is 0 Å². The Hall–Kier alpha value is -0.0800. The van der Waals surface area contributed by atoms with Crippen molar-refractivity contribution in [2.75, 3.05) is 13.1 Å². The van der Waals surface area contributed by atoms with Crippen LogP contribution in [0.1, 0.15) is 83.5 Å². The van der Waals surface area contributed by atoms with Crippen LogP contribution in [-0.4, -0.2) is 30.1 Å². The summed E-state index contributed by atoms with van der Waals surface area (Å²) in [6.45, 7) is 2.30. The van der Waals surface area contributed by atoms with Gasteiger partial charge in [-0.05, 0) is 56.9 Å². The Kier molecular flexibility index (Phi) is 5.99. The molecule has 0 spiro atoms. The van der Waals surface area contributed by atoms with Gasteiger partial charge in [-0.25, -0.2) is 0 Å². The van der Waals surface area contributed by atoms with E-state index in [0.717, 1.165) is 30.5 Å². The Morgan fingerprint density at radius 1 is 0.619 bits per heavy atom. The van der Waals surface area contributed by atoms with Gasteiger partial charge in [0.1, 0.15) is 0 Å². The fraction of sp³-hybridized carbons (Fsp3) is 1.00. The maximum atomic E-state index is 6.04. The highest BCUT2D eigenvalue weighted by Gasteiger charge is 2.34. The number of hydrogen-bond acceptors (Lipinski definition) is 2. The Morgan fingerprint density at radius 3 is 1.67 bits per heavy atom. The largest absolute Gasteiger partial charge is 0.330 e. The second kappa shape index (κ2) is 7.97. The molecule has 0 aromatic rings. The molecule has 122 valence electrons. The molecule has 0 heterocycles. The first-order chi connectivity index (χ1) is 10.4. The lowest BCUT2D eigenvalue weighted by Gasteiger charge is -2.43. The topological polar surface area (TPSA) is 29.3 Å². The third-order valence-electron chi connectivity index (χ3n) is 6.65. The summed E-state index contributed by atoms with van der Waals surface area (Å²) >= 11 is 0. The average molecular weight is 293 g/mol. The first-order valence-electron chi connectivity index (χ1n) is 9.84. The van der Waals surface area contributed by atoms with Gasteiger partial charge < -0.3 is 5.73 Å². The van der Waals surface area contributed by atoms with Gasteiger partial charge in [0.2, 0.25) is 0 Å². The van der Waals surface area contributed by atoms with Crippen molar-refractivity contribution in [2.45, 2.75) is 95.6 Å². The zero-order chi connectivity index (χ0) is 14.5. The summed E-state index contributed by atoms with van der Waals surface area (Å²) in [4.78, 5) is 3.00. The zero-order valence-corrected chi connectivity index (χ0v) is 13.9. The van der Waals surface area contributed by atoms with E-state index in [2.05, 4.69) is 4.90 Å². The maximum Gasteiger partial charge on any atom is 0.00983 e. The molecule has 0 amide bonds. The van der Waals surface area contributed by atoms with Crippen LogP contribution >= 0.6 is 0 Å². The highest BCUT2D eigenvalue weighted by molar-refractivity contribution is 4.88. The van der Waals surface area contributed by atoms with Gasteiger partial charge in [0, 0.05) is 18.6 Å². The van der Waals surface area contributed by atoms with Crippen LogP contribution in [0.2, 0.25) is 0 Å². The summed E-state index contributed by atoms with van der Waals surface area (Å²) in [6, 6.07) is 1.81. The van der Waals surface area contributed by atoms with Crippen molar-refractivity contribution in [3.05, 3.63) is 0 Å². The molecule has 3 rings (SSSR count). The third-order valence-corrected chi connectivity index (χ3v) is 6.65. The van der Waals surface area contributed by atoms with Crippen LogP contribution in [0.15, 0.2) is 0 Å². The zero-order valence-electron chi connectivity index (χ0n) is 13.9. The van der Waals surface area contributed by atoms with Crippen molar-refractivity contribution < 1.29 is 0 Å². The van der Waals surface area contributed by atoms with E-state index in [1.807, 2.05) is 0 Å². The Morgan fingerprint density at radius 2 is 1.14 bits per heavy atom. The third kappa shape index (κ3) is 4.01. The Balaban J connectivity index is 1.65. The van der Waals surface area contributed by atoms with E-state index in [-0.39, 0.29) is 0 Å². The van der Waals surface area contributed by atoms with Gasteiger partial charge in [0.25, 0.3) is 0 Å². The van der Waals surface area contributed by atoms with Crippen molar-refractivity contribution in [1.82, 2.24) is 4.90 Å². The molecule has 2 atom stereocenters. The second-order valence-corrected chi connectivity index (χ2v) is 7.97. The van der Waals surface area contributed by atoms with Gasteiger partial charge in [-0.15, -0.1) is 0 Å². The molecule has 0 bridgehead atoms. The van der Waals surface area contributed by atoms with E-state index >= 15 is 0 Å². The summed E-state index contributed by atoms with van der Waals surface area (Å²) < 4.78 is 0. The van der Waals surface area contributed by atoms with Crippen LogP contribution < -0.4 is 5.73 Å². The molecule has 0 aromatic heterocycles. The van der Waals surface area contributed by atoms with Crippen molar-refractivity contribution in [2.24, 2.45) is 17.6 Å². The molecule has 0 aliphatic heterocycles. The lowest BCUT2D eigenvalue weighted by molar-refractivity contribution is 0.0578. The standard InChI is InChI=1S/C19H36N2/c20-14-16-8-7-9-17(16)15-21(18-10-3-1-4-11-18)19-12-5-2-6-13-19/h16-19H,1-15,20H2. The number of nitrogens with two attached hydrogens (primary N) is 1. The fourth-order valence-electron chi connectivity index (χ4n) is 5.36. The van der Waals surface area contributed by atoms with E-state index in [4.69, 9.17) is 5.73 Å². The fourth-order valence-corrected chi connectivity index (χ4v) is 5.36. The Bertz CT molecular complexity index is 274. The lowest BCUT2D eigenvalue weighted by Crippen LogP contribution is -2.48. The molecule has 2 nitrogen and oxygen atoms in total. The predicted octanol–water partition coefficient (Wildman–Crippen LogP) is 4.33. The predicted molar refractivity (Wildman–Crippen MR) is 90.3 cm³/mol. The highest BCUT2D eigenvalue weighted by atomic mass is 15.2. The number of nitrogens with zero attached hydrogens (tertiary/aromatic N) is 1. The van der Waals surface area contributed by atoms with Crippen molar-refractivity contribution in [3.8, 4) is 0 Å². The molecule has 3 fully saturated rings. The first kappa shape index (κ1) is 15.8. The summed E-state index contributed by atoms with van der Waals surface area (Å²) in [5.74, 6) is 1.72. The van der Waals surface area contributed by atoms with Gasteiger partial charge in [-0.2, -0.15) is 0 Å². The van der Waals surface area contributed by atoms with E-state index in [1.54, 1.807) is 0 Å². The van der Waals surface area contributed by atoms with Crippen LogP contribution in [0.25, 0.3) is 0 Å². The Labute approximate surface area is 131 Å². The molecule has 3 saturated carbocycles. The molecule has 21 heavy (non-hydrogen) atoms. The van der Waals surface area contributed by atoms with E-state index in [0.29, 0.717) is 0 Å². The molecule has 3 aliphatic carbocycles. The molecule has 0 saturated heterocycles. The lowest BCUT2D eigenvalue weighted by atomic mass is 9.86. The van der Waals surface area contributed by atoms with Crippen molar-refractivity contribution in [1.29, 1.82) is 0 Å². The molecule has 0 aromatic carbocycles. The summed E-state index contributed by atoms with van der Waals surface area (Å²) in [7, 11) is 0.